The molecule has 46 heavy (non-hydrogen) atoms. The fourth-order valence-electron chi connectivity index (χ4n) is 7.54. The lowest BCUT2D eigenvalue weighted by Gasteiger charge is -2.38. The molecule has 1 saturated heterocycles. The van der Waals surface area contributed by atoms with Gasteiger partial charge in [-0.2, -0.15) is 0 Å². The van der Waals surface area contributed by atoms with Gasteiger partial charge in [0.1, 0.15) is 23.4 Å². The first-order valence-corrected chi connectivity index (χ1v) is 18.6. The van der Waals surface area contributed by atoms with Crippen molar-refractivity contribution in [2.75, 3.05) is 18.1 Å². The molecule has 1 heterocycles. The Bertz CT molecular complexity index is 1620. The van der Waals surface area contributed by atoms with Crippen LogP contribution in [0.4, 0.5) is 8.78 Å². The monoisotopic (exact) mass is 656 g/mol. The summed E-state index contributed by atoms with van der Waals surface area (Å²) in [4.78, 5) is 26.3. The van der Waals surface area contributed by atoms with Crippen molar-refractivity contribution >= 4 is 21.5 Å². The van der Waals surface area contributed by atoms with Gasteiger partial charge in [-0.25, -0.2) is 17.2 Å². The van der Waals surface area contributed by atoms with Crippen molar-refractivity contribution in [2.24, 2.45) is 0 Å². The molecule has 2 aromatic carbocycles. The zero-order chi connectivity index (χ0) is 32.9. The van der Waals surface area contributed by atoms with Crippen LogP contribution >= 0.6 is 0 Å². The molecule has 3 saturated carbocycles. The van der Waals surface area contributed by atoms with Crippen molar-refractivity contribution in [3.05, 3.63) is 53.3 Å². The Morgan fingerprint density at radius 3 is 2.46 bits per heavy atom. The number of amides is 1. The molecule has 3 atom stereocenters. The molecule has 2 N–H and O–H groups in total. The van der Waals surface area contributed by atoms with Gasteiger partial charge in [0, 0.05) is 47.7 Å². The zero-order valence-electron chi connectivity index (χ0n) is 27.1. The number of hydrogen-bond donors (Lipinski definition) is 2. The van der Waals surface area contributed by atoms with E-state index >= 15 is 8.78 Å². The maximum Gasteiger partial charge on any atom is 0.259 e. The van der Waals surface area contributed by atoms with Gasteiger partial charge >= 0.3 is 0 Å². The molecule has 4 aliphatic rings. The van der Waals surface area contributed by atoms with Crippen LogP contribution in [0, 0.1) is 5.82 Å². The maximum atomic E-state index is 15.6. The molecule has 1 aliphatic heterocycles. The summed E-state index contributed by atoms with van der Waals surface area (Å²) >= 11 is 0. The third kappa shape index (κ3) is 6.36. The number of ketones is 1. The predicted octanol–water partition coefficient (Wildman–Crippen LogP) is 6.08. The van der Waals surface area contributed by atoms with E-state index < -0.39 is 38.4 Å². The molecule has 0 aromatic heterocycles. The number of Topliss-reactive ketones (excluding diaryl/α,β-unsaturated/α-hetero) is 1. The molecular weight excluding hydrogens is 610 g/mol. The molecule has 3 aliphatic carbocycles. The van der Waals surface area contributed by atoms with Crippen LogP contribution in [0.15, 0.2) is 36.4 Å². The van der Waals surface area contributed by atoms with E-state index in [1.54, 1.807) is 32.0 Å². The predicted molar refractivity (Wildman–Crippen MR) is 174 cm³/mol. The summed E-state index contributed by atoms with van der Waals surface area (Å²) in [5.74, 6) is -1.30. The van der Waals surface area contributed by atoms with Crippen molar-refractivity contribution in [3.63, 3.8) is 0 Å². The first-order valence-electron chi connectivity index (χ1n) is 16.8. The van der Waals surface area contributed by atoms with E-state index in [-0.39, 0.29) is 48.1 Å². The summed E-state index contributed by atoms with van der Waals surface area (Å²) in [6, 6.07) is 10.2. The van der Waals surface area contributed by atoms with Crippen molar-refractivity contribution < 1.29 is 31.5 Å². The van der Waals surface area contributed by atoms with Gasteiger partial charge in [-0.15, -0.1) is 0 Å². The second-order valence-corrected chi connectivity index (χ2v) is 17.0. The van der Waals surface area contributed by atoms with Crippen molar-refractivity contribution in [2.45, 2.75) is 120 Å². The van der Waals surface area contributed by atoms with E-state index in [4.69, 9.17) is 4.74 Å². The normalized spacial score (nSPS) is 26.0. The molecule has 1 spiro atoms. The first-order chi connectivity index (χ1) is 21.7. The van der Waals surface area contributed by atoms with Crippen LogP contribution in [0.5, 0.6) is 5.75 Å². The minimum Gasteiger partial charge on any atom is -0.490 e. The van der Waals surface area contributed by atoms with Crippen LogP contribution in [0.3, 0.4) is 0 Å². The Morgan fingerprint density at radius 1 is 1.07 bits per heavy atom. The lowest BCUT2D eigenvalue weighted by molar-refractivity contribution is -0.133. The minimum absolute atomic E-state index is 0.0430. The van der Waals surface area contributed by atoms with Crippen LogP contribution in [-0.2, 0) is 24.8 Å². The topological polar surface area (TPSA) is 102 Å². The lowest BCUT2D eigenvalue weighted by atomic mass is 9.74. The Hall–Kier alpha value is -2.85. The molecule has 250 valence electrons. The second kappa shape index (κ2) is 12.3. The van der Waals surface area contributed by atoms with Crippen molar-refractivity contribution in [3.8, 4) is 16.9 Å². The molecule has 4 fully saturated rings. The molecule has 1 amide bonds. The van der Waals surface area contributed by atoms with Gasteiger partial charge in [-0.3, -0.25) is 9.59 Å². The molecule has 6 rings (SSSR count). The number of alkyl halides is 1. The summed E-state index contributed by atoms with van der Waals surface area (Å²) in [5.41, 5.74) is -0.644. The van der Waals surface area contributed by atoms with Gasteiger partial charge in [-0.05, 0) is 99.6 Å². The highest BCUT2D eigenvalue weighted by Gasteiger charge is 2.55. The van der Waals surface area contributed by atoms with Gasteiger partial charge in [0.05, 0.1) is 0 Å². The van der Waals surface area contributed by atoms with E-state index in [0.717, 1.165) is 38.5 Å². The molecule has 7 nitrogen and oxygen atoms in total. The van der Waals surface area contributed by atoms with E-state index in [2.05, 4.69) is 10.6 Å². The van der Waals surface area contributed by atoms with E-state index in [1.165, 1.54) is 13.0 Å². The summed E-state index contributed by atoms with van der Waals surface area (Å²) in [5, 5.41) is 6.20. The van der Waals surface area contributed by atoms with Crippen LogP contribution in [0.2, 0.25) is 0 Å². The second-order valence-electron chi connectivity index (χ2n) is 14.6. The SMILES string of the molecule is CCS(=O)(=O)CC(=O)C(C)(C)c1ccc(O[C@@H]2CC[C@@H](NC(=O)[C@]3(F)CNC4(CCC4)C3)C2)c(-c2cccc(F)c2C2CCC2)c1. The molecule has 0 unspecified atom stereocenters. The summed E-state index contributed by atoms with van der Waals surface area (Å²) < 4.78 is 62.2. The third-order valence-corrected chi connectivity index (χ3v) is 12.7. The van der Waals surface area contributed by atoms with E-state index in [1.807, 2.05) is 12.1 Å². The summed E-state index contributed by atoms with van der Waals surface area (Å²) in [6.07, 6.45) is 7.46. The fraction of sp³-hybridized carbons (Fsp3) is 0.611. The largest absolute Gasteiger partial charge is 0.490 e. The van der Waals surface area contributed by atoms with Crippen LogP contribution < -0.4 is 15.4 Å². The van der Waals surface area contributed by atoms with Gasteiger partial charge < -0.3 is 15.4 Å². The van der Waals surface area contributed by atoms with Crippen molar-refractivity contribution in [1.29, 1.82) is 0 Å². The Kier molecular flexibility index (Phi) is 8.85. The number of carbonyl (C=O) groups is 2. The molecule has 0 radical (unpaired) electrons. The Morgan fingerprint density at radius 2 is 1.83 bits per heavy atom. The molecule has 2 aromatic rings. The quantitative estimate of drug-likeness (QED) is 0.304. The number of carbonyl (C=O) groups excluding carboxylic acids is 2. The van der Waals surface area contributed by atoms with E-state index in [0.29, 0.717) is 47.3 Å². The van der Waals surface area contributed by atoms with E-state index in [9.17, 15) is 18.0 Å². The molecular formula is C36H46F2N2O5S. The van der Waals surface area contributed by atoms with Crippen LogP contribution in [0.1, 0.15) is 102 Å². The summed E-state index contributed by atoms with van der Waals surface area (Å²) in [7, 11) is -3.52. The van der Waals surface area contributed by atoms with Gasteiger partial charge in [0.25, 0.3) is 5.91 Å². The lowest BCUT2D eigenvalue weighted by Crippen LogP contribution is -2.49. The average Bonchev–Trinajstić information content (AvgIpc) is 3.58. The fourth-order valence-corrected chi connectivity index (χ4v) is 8.50. The first kappa shape index (κ1) is 33.1. The zero-order valence-corrected chi connectivity index (χ0v) is 27.9. The number of benzene rings is 2. The highest BCUT2D eigenvalue weighted by Crippen LogP contribution is 2.47. The van der Waals surface area contributed by atoms with Crippen molar-refractivity contribution in [1.82, 2.24) is 10.6 Å². The maximum absolute atomic E-state index is 15.6. The van der Waals surface area contributed by atoms with Crippen LogP contribution in [0.25, 0.3) is 11.1 Å². The third-order valence-electron chi connectivity index (χ3n) is 11.1. The Labute approximate surface area is 271 Å². The minimum atomic E-state index is -3.52. The highest BCUT2D eigenvalue weighted by atomic mass is 32.2. The number of ether oxygens (including phenoxy) is 1. The van der Waals surface area contributed by atoms with Gasteiger partial charge in [-0.1, -0.05) is 31.5 Å². The average molecular weight is 657 g/mol. The number of hydrogen-bond acceptors (Lipinski definition) is 6. The smallest absolute Gasteiger partial charge is 0.259 e. The highest BCUT2D eigenvalue weighted by molar-refractivity contribution is 7.92. The number of sulfone groups is 1. The number of rotatable bonds is 11. The standard InChI is InChI=1S/C36H46F2N2O5S/c1-4-46(43,44)20-31(41)34(2,3)24-12-15-30(28(18-24)27-10-6-11-29(37)32(27)23-8-5-9-23)45-26-14-13-25(19-26)40-33(42)36(38)21-35(39-22-36)16-7-17-35/h6,10-12,15,18,23,25-26,39H,4-5,7-9,13-14,16-17,19-22H2,1-3H3,(H,40,42)/t25-,26-,36-/m1/s1. The number of halogens is 2. The molecule has 0 bridgehead atoms. The number of nitrogens with one attached hydrogen (secondary N) is 2. The Balaban J connectivity index is 1.25. The van der Waals surface area contributed by atoms with Crippen LogP contribution in [-0.4, -0.2) is 61.5 Å². The molecule has 10 heteroatoms. The summed E-state index contributed by atoms with van der Waals surface area (Å²) in [6.45, 7) is 5.00. The van der Waals surface area contributed by atoms with Gasteiger partial charge in [0.15, 0.2) is 15.6 Å². The van der Waals surface area contributed by atoms with Gasteiger partial charge in [0.2, 0.25) is 5.67 Å².